The maximum Gasteiger partial charge on any atom is 0.237 e. The highest BCUT2D eigenvalue weighted by atomic mass is 35.7. The first kappa shape index (κ1) is 14.3. The third-order valence-corrected chi connectivity index (χ3v) is 5.58. The van der Waals surface area contributed by atoms with Crippen molar-refractivity contribution in [3.63, 3.8) is 0 Å². The number of rotatable bonds is 2. The monoisotopic (exact) mass is 324 g/mol. The molecule has 1 atom stereocenters. The minimum Gasteiger partial charge on any atom is -0.310 e. The lowest BCUT2D eigenvalue weighted by atomic mass is 10.1. The first-order chi connectivity index (χ1) is 9.88. The molecule has 21 heavy (non-hydrogen) atoms. The van der Waals surface area contributed by atoms with Crippen molar-refractivity contribution < 1.29 is 13.2 Å². The predicted octanol–water partition coefficient (Wildman–Crippen LogP) is 2.22. The zero-order chi connectivity index (χ0) is 15.2. The maximum atomic E-state index is 12.2. The molecule has 5 nitrogen and oxygen atoms in total. The fourth-order valence-electron chi connectivity index (χ4n) is 2.68. The van der Waals surface area contributed by atoms with Crippen LogP contribution in [0.25, 0.3) is 10.9 Å². The molecule has 1 saturated heterocycles. The van der Waals surface area contributed by atoms with E-state index in [4.69, 9.17) is 10.7 Å². The van der Waals surface area contributed by atoms with Gasteiger partial charge in [0.2, 0.25) is 15.0 Å². The van der Waals surface area contributed by atoms with Crippen molar-refractivity contribution in [1.29, 1.82) is 0 Å². The number of anilines is 1. The standard InChI is InChI=1S/C14H13ClN2O3S/c1-9-4-5-12-11(3-2-6-16-12)14(9)17-8-10(7-13(17)18)21(15,19)20/h2-6,10H,7-8H2,1H3. The molecule has 3 rings (SSSR count). The van der Waals surface area contributed by atoms with Gasteiger partial charge >= 0.3 is 0 Å². The normalized spacial score (nSPS) is 19.4. The van der Waals surface area contributed by atoms with E-state index in [1.54, 1.807) is 12.3 Å². The van der Waals surface area contributed by atoms with Crippen LogP contribution >= 0.6 is 10.7 Å². The smallest absolute Gasteiger partial charge is 0.237 e. The Labute approximate surface area is 127 Å². The van der Waals surface area contributed by atoms with Crippen molar-refractivity contribution in [3.05, 3.63) is 36.0 Å². The largest absolute Gasteiger partial charge is 0.310 e. The van der Waals surface area contributed by atoms with Gasteiger partial charge in [0.15, 0.2) is 0 Å². The van der Waals surface area contributed by atoms with Crippen molar-refractivity contribution in [2.45, 2.75) is 18.6 Å². The molecule has 1 aliphatic heterocycles. The van der Waals surface area contributed by atoms with Crippen LogP contribution in [0.4, 0.5) is 5.69 Å². The second-order valence-corrected chi connectivity index (χ2v) is 8.02. The Kier molecular flexibility index (Phi) is 3.37. The van der Waals surface area contributed by atoms with Crippen LogP contribution in [-0.2, 0) is 13.8 Å². The highest BCUT2D eigenvalue weighted by molar-refractivity contribution is 8.14. The van der Waals surface area contributed by atoms with Crippen LogP contribution in [0.1, 0.15) is 12.0 Å². The fraction of sp³-hybridized carbons (Fsp3) is 0.286. The van der Waals surface area contributed by atoms with Gasteiger partial charge in [0.1, 0.15) is 5.25 Å². The Morgan fingerprint density at radius 2 is 2.10 bits per heavy atom. The molecule has 110 valence electrons. The lowest BCUT2D eigenvalue weighted by Crippen LogP contribution is -2.27. The molecule has 0 bridgehead atoms. The van der Waals surface area contributed by atoms with E-state index in [1.165, 1.54) is 4.90 Å². The van der Waals surface area contributed by atoms with Crippen molar-refractivity contribution in [1.82, 2.24) is 4.98 Å². The molecule has 1 fully saturated rings. The Morgan fingerprint density at radius 1 is 1.33 bits per heavy atom. The number of carbonyl (C=O) groups excluding carboxylic acids is 1. The van der Waals surface area contributed by atoms with Crippen molar-refractivity contribution in [3.8, 4) is 0 Å². The molecule has 1 aromatic heterocycles. The van der Waals surface area contributed by atoms with Gasteiger partial charge in [-0.3, -0.25) is 9.78 Å². The number of carbonyl (C=O) groups is 1. The lowest BCUT2D eigenvalue weighted by Gasteiger charge is -2.20. The van der Waals surface area contributed by atoms with E-state index in [1.807, 2.05) is 25.1 Å². The Balaban J connectivity index is 2.13. The van der Waals surface area contributed by atoms with Gasteiger partial charge in [0.05, 0.1) is 11.2 Å². The topological polar surface area (TPSA) is 67.3 Å². The van der Waals surface area contributed by atoms with Gasteiger partial charge in [-0.25, -0.2) is 8.42 Å². The SMILES string of the molecule is Cc1ccc2ncccc2c1N1CC(S(=O)(=O)Cl)CC1=O. The molecule has 0 aliphatic carbocycles. The van der Waals surface area contributed by atoms with E-state index in [0.717, 1.165) is 16.5 Å². The quantitative estimate of drug-likeness (QED) is 0.794. The highest BCUT2D eigenvalue weighted by Gasteiger charge is 2.38. The van der Waals surface area contributed by atoms with Gasteiger partial charge in [-0.1, -0.05) is 6.07 Å². The summed E-state index contributed by atoms with van der Waals surface area (Å²) in [5, 5.41) is -0.0311. The number of amides is 1. The zero-order valence-corrected chi connectivity index (χ0v) is 12.9. The molecule has 0 spiro atoms. The Bertz CT molecular complexity index is 835. The summed E-state index contributed by atoms with van der Waals surface area (Å²) in [6.07, 6.45) is 1.60. The molecule has 1 aromatic carbocycles. The minimum absolute atomic E-state index is 0.0814. The van der Waals surface area contributed by atoms with Crippen molar-refractivity contribution in [2.75, 3.05) is 11.4 Å². The summed E-state index contributed by atoms with van der Waals surface area (Å²) < 4.78 is 23.0. The van der Waals surface area contributed by atoms with Gasteiger partial charge in [-0.15, -0.1) is 0 Å². The number of hydrogen-bond acceptors (Lipinski definition) is 4. The third kappa shape index (κ3) is 2.49. The van der Waals surface area contributed by atoms with Crippen LogP contribution in [0.2, 0.25) is 0 Å². The number of nitrogens with zero attached hydrogens (tertiary/aromatic N) is 2. The third-order valence-electron chi connectivity index (χ3n) is 3.72. The number of benzene rings is 1. The first-order valence-electron chi connectivity index (χ1n) is 6.46. The molecule has 2 heterocycles. The Hall–Kier alpha value is -1.66. The summed E-state index contributed by atoms with van der Waals surface area (Å²) in [5.41, 5.74) is 2.38. The van der Waals surface area contributed by atoms with E-state index < -0.39 is 14.3 Å². The van der Waals surface area contributed by atoms with Gasteiger partial charge in [0, 0.05) is 35.2 Å². The molecule has 1 amide bonds. The molecule has 0 saturated carbocycles. The molecule has 1 aliphatic rings. The van der Waals surface area contributed by atoms with E-state index in [0.29, 0.717) is 5.69 Å². The molecule has 2 aromatic rings. The number of aromatic nitrogens is 1. The van der Waals surface area contributed by atoms with Gasteiger partial charge in [-0.05, 0) is 30.7 Å². The highest BCUT2D eigenvalue weighted by Crippen LogP contribution is 2.34. The summed E-state index contributed by atoms with van der Waals surface area (Å²) >= 11 is 0. The summed E-state index contributed by atoms with van der Waals surface area (Å²) in [4.78, 5) is 18.0. The van der Waals surface area contributed by atoms with Crippen LogP contribution in [0.15, 0.2) is 30.5 Å². The fourth-order valence-corrected chi connectivity index (χ4v) is 3.71. The van der Waals surface area contributed by atoms with Crippen LogP contribution < -0.4 is 4.90 Å². The van der Waals surface area contributed by atoms with Crippen LogP contribution in [0.5, 0.6) is 0 Å². The zero-order valence-electron chi connectivity index (χ0n) is 11.3. The Morgan fingerprint density at radius 3 is 2.76 bits per heavy atom. The van der Waals surface area contributed by atoms with E-state index in [9.17, 15) is 13.2 Å². The van der Waals surface area contributed by atoms with E-state index >= 15 is 0 Å². The van der Waals surface area contributed by atoms with E-state index in [2.05, 4.69) is 4.98 Å². The summed E-state index contributed by atoms with van der Waals surface area (Å²) in [6.45, 7) is 1.97. The number of hydrogen-bond donors (Lipinski definition) is 0. The number of aryl methyl sites for hydroxylation is 1. The molecule has 0 N–H and O–H groups in total. The molecule has 0 radical (unpaired) electrons. The second-order valence-electron chi connectivity index (χ2n) is 5.11. The van der Waals surface area contributed by atoms with Gasteiger partial charge < -0.3 is 4.90 Å². The van der Waals surface area contributed by atoms with Crippen LogP contribution in [0.3, 0.4) is 0 Å². The minimum atomic E-state index is -3.75. The van der Waals surface area contributed by atoms with Gasteiger partial charge in [-0.2, -0.15) is 0 Å². The molecule has 7 heteroatoms. The van der Waals surface area contributed by atoms with Crippen molar-refractivity contribution in [2.24, 2.45) is 0 Å². The van der Waals surface area contributed by atoms with Crippen molar-refractivity contribution >= 4 is 42.2 Å². The number of pyridine rings is 1. The first-order valence-corrected chi connectivity index (χ1v) is 8.83. The number of halogens is 1. The van der Waals surface area contributed by atoms with E-state index in [-0.39, 0.29) is 18.9 Å². The summed E-state index contributed by atoms with van der Waals surface area (Å²) in [5.74, 6) is -0.233. The maximum absolute atomic E-state index is 12.2. The van der Waals surface area contributed by atoms with Crippen LogP contribution in [0, 0.1) is 6.92 Å². The molecular weight excluding hydrogens is 312 g/mol. The average molecular weight is 325 g/mol. The lowest BCUT2D eigenvalue weighted by molar-refractivity contribution is -0.117. The van der Waals surface area contributed by atoms with Crippen LogP contribution in [-0.4, -0.2) is 31.1 Å². The average Bonchev–Trinajstić information content (AvgIpc) is 2.80. The summed E-state index contributed by atoms with van der Waals surface area (Å²) in [6, 6.07) is 7.42. The molecule has 1 unspecified atom stereocenters. The number of fused-ring (bicyclic) bond motifs is 1. The molecular formula is C14H13ClN2O3S. The van der Waals surface area contributed by atoms with Gasteiger partial charge in [0.25, 0.3) is 0 Å². The predicted molar refractivity (Wildman–Crippen MR) is 82.0 cm³/mol. The summed E-state index contributed by atoms with van der Waals surface area (Å²) in [7, 11) is 1.65. The second kappa shape index (κ2) is 4.96.